The van der Waals surface area contributed by atoms with E-state index in [-0.39, 0.29) is 0 Å². The number of alkyl halides is 2. The summed E-state index contributed by atoms with van der Waals surface area (Å²) in [4.78, 5) is 10.7. The van der Waals surface area contributed by atoms with Crippen molar-refractivity contribution in [2.45, 2.75) is 11.9 Å². The molecule has 0 spiro atoms. The molecule has 0 aliphatic rings. The number of ether oxygens (including phenoxy) is 1. The number of esters is 1. The van der Waals surface area contributed by atoms with E-state index in [2.05, 4.69) is 4.74 Å². The lowest BCUT2D eigenvalue weighted by Crippen LogP contribution is -2.36. The van der Waals surface area contributed by atoms with Gasteiger partial charge in [0.2, 0.25) is 0 Å². The number of benzene rings is 1. The van der Waals surface area contributed by atoms with Crippen LogP contribution in [0.5, 0.6) is 0 Å². The quantitative estimate of drug-likeness (QED) is 0.632. The number of halogens is 4. The average molecular weight is 303 g/mol. The SMILES string of the molecule is O=C(OCc1ccc(Cl)cc1)C(F)(F)S(=O)(=O)F. The maximum absolute atomic E-state index is 12.6. The van der Waals surface area contributed by atoms with Crippen LogP contribution in [0, 0.1) is 0 Å². The smallest absolute Gasteiger partial charge is 0.455 e. The molecule has 0 fully saturated rings. The molecule has 4 nitrogen and oxygen atoms in total. The van der Waals surface area contributed by atoms with Gasteiger partial charge in [-0.25, -0.2) is 4.79 Å². The van der Waals surface area contributed by atoms with Crippen LogP contribution >= 0.6 is 11.6 Å². The van der Waals surface area contributed by atoms with Gasteiger partial charge >= 0.3 is 21.4 Å². The van der Waals surface area contributed by atoms with E-state index in [1.54, 1.807) is 0 Å². The Morgan fingerprint density at radius 3 is 2.22 bits per heavy atom. The first-order valence-electron chi connectivity index (χ1n) is 4.38. The minimum Gasteiger partial charge on any atom is -0.455 e. The molecule has 0 heterocycles. The van der Waals surface area contributed by atoms with Gasteiger partial charge in [0.25, 0.3) is 0 Å². The van der Waals surface area contributed by atoms with Gasteiger partial charge in [-0.15, -0.1) is 0 Å². The molecule has 0 saturated carbocycles. The van der Waals surface area contributed by atoms with Gasteiger partial charge in [0.1, 0.15) is 6.61 Å². The molecule has 1 rings (SSSR count). The Balaban J connectivity index is 2.70. The third-order valence-corrected chi connectivity index (χ3v) is 2.86. The highest BCUT2D eigenvalue weighted by Gasteiger charge is 2.55. The zero-order valence-electron chi connectivity index (χ0n) is 8.57. The van der Waals surface area contributed by atoms with Crippen LogP contribution in [0.25, 0.3) is 0 Å². The van der Waals surface area contributed by atoms with Gasteiger partial charge in [0.05, 0.1) is 0 Å². The van der Waals surface area contributed by atoms with Crippen LogP contribution in [0.3, 0.4) is 0 Å². The maximum atomic E-state index is 12.6. The summed E-state index contributed by atoms with van der Waals surface area (Å²) in [6, 6.07) is 5.57. The highest BCUT2D eigenvalue weighted by Crippen LogP contribution is 2.25. The van der Waals surface area contributed by atoms with Gasteiger partial charge in [0, 0.05) is 5.02 Å². The fourth-order valence-corrected chi connectivity index (χ4v) is 1.30. The number of hydrogen-bond acceptors (Lipinski definition) is 4. The number of rotatable bonds is 4. The molecule has 0 aliphatic carbocycles. The molecule has 100 valence electrons. The van der Waals surface area contributed by atoms with Crippen LogP contribution < -0.4 is 0 Å². The van der Waals surface area contributed by atoms with Crippen molar-refractivity contribution in [1.82, 2.24) is 0 Å². The molecule has 0 aromatic heterocycles. The van der Waals surface area contributed by atoms with Gasteiger partial charge in [-0.05, 0) is 17.7 Å². The van der Waals surface area contributed by atoms with Gasteiger partial charge in [-0.3, -0.25) is 0 Å². The van der Waals surface area contributed by atoms with Crippen molar-refractivity contribution in [2.75, 3.05) is 0 Å². The lowest BCUT2D eigenvalue weighted by molar-refractivity contribution is -0.162. The standard InChI is InChI=1S/C9H6ClF3O4S/c10-7-3-1-6(2-4-7)5-17-8(14)9(11,12)18(13,15)16/h1-4H,5H2. The minimum absolute atomic E-state index is 0.291. The summed E-state index contributed by atoms with van der Waals surface area (Å²) in [7, 11) is -6.34. The van der Waals surface area contributed by atoms with Crippen molar-refractivity contribution < 1.29 is 30.6 Å². The van der Waals surface area contributed by atoms with Crippen molar-refractivity contribution in [3.05, 3.63) is 34.9 Å². The van der Waals surface area contributed by atoms with E-state index < -0.39 is 28.1 Å². The molecule has 0 N–H and O–H groups in total. The topological polar surface area (TPSA) is 60.4 Å². The summed E-state index contributed by atoms with van der Waals surface area (Å²) in [5.74, 6) is -2.47. The number of carbonyl (C=O) groups is 1. The first-order chi connectivity index (χ1) is 8.14. The van der Waals surface area contributed by atoms with Gasteiger partial charge < -0.3 is 4.74 Å². The molecule has 0 bridgehead atoms. The molecule has 0 saturated heterocycles. The third kappa shape index (κ3) is 3.36. The van der Waals surface area contributed by atoms with E-state index in [1.807, 2.05) is 0 Å². The Morgan fingerprint density at radius 2 is 1.78 bits per heavy atom. The summed E-state index contributed by atoms with van der Waals surface area (Å²) in [6.45, 7) is -0.624. The van der Waals surface area contributed by atoms with Crippen molar-refractivity contribution >= 4 is 27.8 Å². The van der Waals surface area contributed by atoms with E-state index in [0.717, 1.165) is 0 Å². The molecule has 0 radical (unpaired) electrons. The van der Waals surface area contributed by atoms with Crippen molar-refractivity contribution in [3.8, 4) is 0 Å². The predicted molar refractivity (Wildman–Crippen MR) is 56.2 cm³/mol. The Hall–Kier alpha value is -1.28. The summed E-state index contributed by atoms with van der Waals surface area (Å²) < 4.78 is 61.4. The van der Waals surface area contributed by atoms with Gasteiger partial charge in [-0.2, -0.15) is 17.2 Å². The lowest BCUT2D eigenvalue weighted by atomic mass is 10.2. The first kappa shape index (κ1) is 14.8. The van der Waals surface area contributed by atoms with E-state index >= 15 is 0 Å². The number of hydrogen-bond donors (Lipinski definition) is 0. The highest BCUT2D eigenvalue weighted by molar-refractivity contribution is 7.88. The molecule has 9 heteroatoms. The fraction of sp³-hybridized carbons (Fsp3) is 0.222. The fourth-order valence-electron chi connectivity index (χ4n) is 0.913. The van der Waals surface area contributed by atoms with Crippen molar-refractivity contribution in [1.29, 1.82) is 0 Å². The van der Waals surface area contributed by atoms with E-state index in [9.17, 15) is 25.9 Å². The second-order valence-electron chi connectivity index (χ2n) is 3.16. The molecule has 0 amide bonds. The van der Waals surface area contributed by atoms with Gasteiger partial charge in [0.15, 0.2) is 0 Å². The van der Waals surface area contributed by atoms with E-state index in [4.69, 9.17) is 11.6 Å². The second-order valence-corrected chi connectivity index (χ2v) is 4.98. The molecule has 1 aromatic rings. The largest absolute Gasteiger partial charge is 0.470 e. The van der Waals surface area contributed by atoms with E-state index in [1.165, 1.54) is 24.3 Å². The summed E-state index contributed by atoms with van der Waals surface area (Å²) in [5.41, 5.74) is 0.291. The van der Waals surface area contributed by atoms with Gasteiger partial charge in [-0.1, -0.05) is 27.6 Å². The van der Waals surface area contributed by atoms with Crippen LogP contribution in [-0.4, -0.2) is 19.6 Å². The van der Waals surface area contributed by atoms with Crippen molar-refractivity contribution in [3.63, 3.8) is 0 Å². The Kier molecular flexibility index (Phi) is 4.23. The lowest BCUT2D eigenvalue weighted by Gasteiger charge is -2.10. The van der Waals surface area contributed by atoms with Crippen LogP contribution in [0.2, 0.25) is 5.02 Å². The minimum atomic E-state index is -6.34. The molecular formula is C9H6ClF3O4S. The first-order valence-corrected chi connectivity index (χ1v) is 6.14. The van der Waals surface area contributed by atoms with Crippen LogP contribution in [0.1, 0.15) is 5.56 Å². The Labute approximate surface area is 106 Å². The molecule has 0 atom stereocenters. The second kappa shape index (κ2) is 5.15. The van der Waals surface area contributed by atoms with Crippen LogP contribution in [0.15, 0.2) is 24.3 Å². The summed E-state index contributed by atoms with van der Waals surface area (Å²) in [6.07, 6.45) is 0. The summed E-state index contributed by atoms with van der Waals surface area (Å²) >= 11 is 5.55. The Morgan fingerprint density at radius 1 is 1.28 bits per heavy atom. The predicted octanol–water partition coefficient (Wildman–Crippen LogP) is 2.28. The van der Waals surface area contributed by atoms with E-state index in [0.29, 0.717) is 10.6 Å². The molecule has 0 unspecified atom stereocenters. The highest BCUT2D eigenvalue weighted by atomic mass is 35.5. The third-order valence-electron chi connectivity index (χ3n) is 1.83. The van der Waals surface area contributed by atoms with Crippen LogP contribution in [-0.2, 0) is 26.4 Å². The van der Waals surface area contributed by atoms with Crippen LogP contribution in [0.4, 0.5) is 12.7 Å². The van der Waals surface area contributed by atoms with Crippen molar-refractivity contribution in [2.24, 2.45) is 0 Å². The Bertz CT molecular complexity index is 541. The molecule has 18 heavy (non-hydrogen) atoms. The zero-order chi connectivity index (χ0) is 14.0. The average Bonchev–Trinajstić information content (AvgIpc) is 2.26. The molecule has 1 aromatic carbocycles. The number of carbonyl (C=O) groups excluding carboxylic acids is 1. The molecular weight excluding hydrogens is 297 g/mol. The normalized spacial score (nSPS) is 12.2. The zero-order valence-corrected chi connectivity index (χ0v) is 10.1. The summed E-state index contributed by atoms with van der Waals surface area (Å²) in [5, 5.41) is -4.83. The maximum Gasteiger partial charge on any atom is 0.470 e. The molecule has 0 aliphatic heterocycles. The monoisotopic (exact) mass is 302 g/mol.